The van der Waals surface area contributed by atoms with Gasteiger partial charge in [0.15, 0.2) is 0 Å². The van der Waals surface area contributed by atoms with Gasteiger partial charge in [0.25, 0.3) is 5.91 Å². The number of nitrogens with zero attached hydrogens (tertiary/aromatic N) is 1. The fourth-order valence-corrected chi connectivity index (χ4v) is 2.63. The lowest BCUT2D eigenvalue weighted by atomic mass is 10.0. The molecule has 5 heteroatoms. The first-order valence-corrected chi connectivity index (χ1v) is 8.36. The Balaban J connectivity index is 1.61. The van der Waals surface area contributed by atoms with Crippen molar-refractivity contribution in [2.45, 2.75) is 6.92 Å². The molecule has 0 radical (unpaired) electrons. The molecule has 26 heavy (non-hydrogen) atoms. The number of hydrogen-bond acceptors (Lipinski definition) is 4. The van der Waals surface area contributed by atoms with E-state index in [-0.39, 0.29) is 12.5 Å². The first-order valence-electron chi connectivity index (χ1n) is 8.36. The van der Waals surface area contributed by atoms with Gasteiger partial charge in [-0.05, 0) is 41.5 Å². The zero-order chi connectivity index (χ0) is 18.4. The predicted octanol–water partition coefficient (Wildman–Crippen LogP) is 3.80. The number of fused-ring (bicyclic) bond motifs is 1. The van der Waals surface area contributed by atoms with Gasteiger partial charge in [0.2, 0.25) is 0 Å². The van der Waals surface area contributed by atoms with E-state index in [9.17, 15) is 4.79 Å². The third-order valence-corrected chi connectivity index (χ3v) is 4.06. The molecule has 3 aromatic carbocycles. The van der Waals surface area contributed by atoms with Crippen LogP contribution in [0, 0.1) is 0 Å². The van der Waals surface area contributed by atoms with Crippen LogP contribution in [0.5, 0.6) is 5.75 Å². The Bertz CT molecular complexity index is 951. The van der Waals surface area contributed by atoms with E-state index in [1.807, 2.05) is 49.4 Å². The number of para-hydroxylation sites is 2. The summed E-state index contributed by atoms with van der Waals surface area (Å²) >= 11 is 0. The van der Waals surface area contributed by atoms with Crippen molar-refractivity contribution in [3.05, 3.63) is 72.3 Å². The third-order valence-electron chi connectivity index (χ3n) is 4.06. The van der Waals surface area contributed by atoms with E-state index in [0.717, 1.165) is 22.3 Å². The Morgan fingerprint density at radius 1 is 1.00 bits per heavy atom. The molecular weight excluding hydrogens is 326 g/mol. The zero-order valence-electron chi connectivity index (χ0n) is 14.8. The van der Waals surface area contributed by atoms with Gasteiger partial charge in [0, 0.05) is 0 Å². The van der Waals surface area contributed by atoms with E-state index < -0.39 is 0 Å². The van der Waals surface area contributed by atoms with Crippen molar-refractivity contribution in [3.8, 4) is 5.75 Å². The summed E-state index contributed by atoms with van der Waals surface area (Å²) in [5, 5.41) is 9.56. The van der Waals surface area contributed by atoms with Gasteiger partial charge in [-0.25, -0.2) is 5.43 Å². The molecule has 0 saturated carbocycles. The summed E-state index contributed by atoms with van der Waals surface area (Å²) in [4.78, 5) is 12.0. The van der Waals surface area contributed by atoms with Crippen LogP contribution in [0.3, 0.4) is 0 Å². The fourth-order valence-electron chi connectivity index (χ4n) is 2.63. The molecule has 0 aliphatic rings. The zero-order valence-corrected chi connectivity index (χ0v) is 14.8. The molecular formula is C21H21N3O2. The van der Waals surface area contributed by atoms with Gasteiger partial charge in [-0.15, -0.1) is 0 Å². The lowest BCUT2D eigenvalue weighted by Gasteiger charge is -2.10. The van der Waals surface area contributed by atoms with Crippen LogP contribution >= 0.6 is 0 Å². The first kappa shape index (κ1) is 17.5. The minimum absolute atomic E-state index is 0.106. The highest BCUT2D eigenvalue weighted by Gasteiger charge is 2.05. The molecule has 0 aliphatic carbocycles. The highest BCUT2D eigenvalue weighted by atomic mass is 16.5. The van der Waals surface area contributed by atoms with Crippen LogP contribution < -0.4 is 15.5 Å². The molecule has 3 aromatic rings. The lowest BCUT2D eigenvalue weighted by molar-refractivity contribution is -0.119. The normalized spacial score (nSPS) is 11.2. The molecule has 0 aliphatic heterocycles. The number of benzene rings is 3. The molecule has 0 heterocycles. The van der Waals surface area contributed by atoms with Gasteiger partial charge in [0.05, 0.1) is 25.1 Å². The van der Waals surface area contributed by atoms with Crippen molar-refractivity contribution in [3.63, 3.8) is 0 Å². The molecule has 0 unspecified atom stereocenters. The Labute approximate surface area is 152 Å². The first-order chi connectivity index (χ1) is 12.7. The second kappa shape index (κ2) is 8.16. The topological polar surface area (TPSA) is 62.7 Å². The van der Waals surface area contributed by atoms with Crippen LogP contribution in [-0.4, -0.2) is 25.3 Å². The Morgan fingerprint density at radius 3 is 2.54 bits per heavy atom. The van der Waals surface area contributed by atoms with Gasteiger partial charge in [0.1, 0.15) is 5.75 Å². The average Bonchev–Trinajstić information content (AvgIpc) is 2.70. The van der Waals surface area contributed by atoms with Crippen molar-refractivity contribution in [1.29, 1.82) is 0 Å². The highest BCUT2D eigenvalue weighted by Crippen LogP contribution is 2.22. The summed E-state index contributed by atoms with van der Waals surface area (Å²) in [6, 6.07) is 21.7. The highest BCUT2D eigenvalue weighted by molar-refractivity contribution is 6.02. The molecule has 0 atom stereocenters. The number of rotatable bonds is 6. The van der Waals surface area contributed by atoms with E-state index in [0.29, 0.717) is 5.75 Å². The number of nitrogens with one attached hydrogen (secondary N) is 2. The van der Waals surface area contributed by atoms with Crippen molar-refractivity contribution in [1.82, 2.24) is 5.43 Å². The van der Waals surface area contributed by atoms with Gasteiger partial charge in [-0.2, -0.15) is 5.10 Å². The largest absolute Gasteiger partial charge is 0.495 e. The summed E-state index contributed by atoms with van der Waals surface area (Å²) in [5.74, 6) is 0.465. The number of ether oxygens (including phenoxy) is 1. The van der Waals surface area contributed by atoms with Crippen molar-refractivity contribution >= 4 is 28.1 Å². The predicted molar refractivity (Wildman–Crippen MR) is 106 cm³/mol. The van der Waals surface area contributed by atoms with Crippen molar-refractivity contribution < 1.29 is 9.53 Å². The molecule has 0 bridgehead atoms. The number of amides is 1. The van der Waals surface area contributed by atoms with E-state index in [2.05, 4.69) is 40.1 Å². The molecule has 1 amide bonds. The van der Waals surface area contributed by atoms with Crippen molar-refractivity contribution in [2.75, 3.05) is 19.0 Å². The SMILES string of the molecule is COc1ccccc1NCC(=O)N/N=C(\C)c1ccc2ccccc2c1. The van der Waals surface area contributed by atoms with Crippen LogP contribution in [0.4, 0.5) is 5.69 Å². The maximum Gasteiger partial charge on any atom is 0.259 e. The van der Waals surface area contributed by atoms with E-state index in [4.69, 9.17) is 4.74 Å². The summed E-state index contributed by atoms with van der Waals surface area (Å²) in [6.45, 7) is 1.98. The van der Waals surface area contributed by atoms with Gasteiger partial charge in [-0.3, -0.25) is 4.79 Å². The van der Waals surface area contributed by atoms with Crippen LogP contribution in [0.1, 0.15) is 12.5 Å². The number of hydrazone groups is 1. The summed E-state index contributed by atoms with van der Waals surface area (Å²) in [5.41, 5.74) is 5.07. The van der Waals surface area contributed by atoms with Crippen LogP contribution in [0.25, 0.3) is 10.8 Å². The quantitative estimate of drug-likeness (QED) is 0.527. The molecule has 0 saturated heterocycles. The number of methoxy groups -OCH3 is 1. The summed E-state index contributed by atoms with van der Waals surface area (Å²) in [6.07, 6.45) is 0. The van der Waals surface area contributed by atoms with Gasteiger partial charge in [-0.1, -0.05) is 48.5 Å². The molecule has 0 fully saturated rings. The van der Waals surface area contributed by atoms with E-state index >= 15 is 0 Å². The third kappa shape index (κ3) is 4.19. The minimum Gasteiger partial charge on any atom is -0.495 e. The van der Waals surface area contributed by atoms with Crippen LogP contribution in [0.15, 0.2) is 71.8 Å². The van der Waals surface area contributed by atoms with Gasteiger partial charge >= 0.3 is 0 Å². The minimum atomic E-state index is -0.226. The monoisotopic (exact) mass is 347 g/mol. The van der Waals surface area contributed by atoms with Gasteiger partial charge < -0.3 is 10.1 Å². The number of hydrogen-bond donors (Lipinski definition) is 2. The second-order valence-corrected chi connectivity index (χ2v) is 5.85. The maximum absolute atomic E-state index is 12.0. The van der Waals surface area contributed by atoms with Crippen LogP contribution in [0.2, 0.25) is 0 Å². The van der Waals surface area contributed by atoms with Crippen molar-refractivity contribution in [2.24, 2.45) is 5.10 Å². The lowest BCUT2D eigenvalue weighted by Crippen LogP contribution is -2.26. The van der Waals surface area contributed by atoms with Crippen LogP contribution in [-0.2, 0) is 4.79 Å². The molecule has 2 N–H and O–H groups in total. The standard InChI is InChI=1S/C21H21N3O2/c1-15(17-12-11-16-7-3-4-8-18(16)13-17)23-24-21(25)14-22-19-9-5-6-10-20(19)26-2/h3-13,22H,14H2,1-2H3,(H,24,25)/b23-15+. The maximum atomic E-state index is 12.0. The molecule has 0 aromatic heterocycles. The number of carbonyl (C=O) groups excluding carboxylic acids is 1. The average molecular weight is 347 g/mol. The number of anilines is 1. The summed E-state index contributed by atoms with van der Waals surface area (Å²) in [7, 11) is 1.60. The Morgan fingerprint density at radius 2 is 1.73 bits per heavy atom. The molecule has 132 valence electrons. The molecule has 5 nitrogen and oxygen atoms in total. The number of carbonyl (C=O) groups is 1. The second-order valence-electron chi connectivity index (χ2n) is 5.85. The smallest absolute Gasteiger partial charge is 0.259 e. The fraction of sp³-hybridized carbons (Fsp3) is 0.143. The Hall–Kier alpha value is -3.34. The Kier molecular flexibility index (Phi) is 5.49. The van der Waals surface area contributed by atoms with E-state index in [1.54, 1.807) is 7.11 Å². The van der Waals surface area contributed by atoms with E-state index in [1.165, 1.54) is 5.39 Å². The molecule has 0 spiro atoms. The summed E-state index contributed by atoms with van der Waals surface area (Å²) < 4.78 is 5.25. The molecule has 3 rings (SSSR count).